The van der Waals surface area contributed by atoms with Gasteiger partial charge in [-0.15, -0.1) is 0 Å². The summed E-state index contributed by atoms with van der Waals surface area (Å²) in [5.41, 5.74) is -0.563. The number of hydrogen-bond acceptors (Lipinski definition) is 4. The number of nitrogens with zero attached hydrogens (tertiary/aromatic N) is 2. The molecule has 1 unspecified atom stereocenters. The second-order valence-corrected chi connectivity index (χ2v) is 6.03. The first kappa shape index (κ1) is 13.3. The van der Waals surface area contributed by atoms with Crippen LogP contribution in [0.2, 0.25) is 0 Å². The summed E-state index contributed by atoms with van der Waals surface area (Å²) in [4.78, 5) is 17.4. The zero-order valence-corrected chi connectivity index (χ0v) is 11.9. The van der Waals surface area contributed by atoms with E-state index in [2.05, 4.69) is 15.1 Å². The minimum atomic E-state index is -0.563. The SMILES string of the molecule is COC1(C(=O)N2CCN3CCCC3C2)CCNCC1. The Labute approximate surface area is 115 Å². The molecular weight excluding hydrogens is 242 g/mol. The summed E-state index contributed by atoms with van der Waals surface area (Å²) in [6.45, 7) is 5.78. The fourth-order valence-corrected chi connectivity index (χ4v) is 3.80. The van der Waals surface area contributed by atoms with Crippen molar-refractivity contribution in [1.29, 1.82) is 0 Å². The first-order valence-electron chi connectivity index (χ1n) is 7.54. The van der Waals surface area contributed by atoms with E-state index >= 15 is 0 Å². The highest BCUT2D eigenvalue weighted by Gasteiger charge is 2.44. The fourth-order valence-electron chi connectivity index (χ4n) is 3.80. The number of hydrogen-bond donors (Lipinski definition) is 1. The molecule has 0 spiro atoms. The molecular formula is C14H25N3O2. The Bertz CT molecular complexity index is 342. The second kappa shape index (κ2) is 5.38. The summed E-state index contributed by atoms with van der Waals surface area (Å²) >= 11 is 0. The molecule has 3 aliphatic heterocycles. The van der Waals surface area contributed by atoms with E-state index in [0.29, 0.717) is 6.04 Å². The smallest absolute Gasteiger partial charge is 0.255 e. The normalized spacial score (nSPS) is 31.2. The average Bonchev–Trinajstić information content (AvgIpc) is 2.94. The number of piperazine rings is 1. The Hall–Kier alpha value is -0.650. The van der Waals surface area contributed by atoms with Gasteiger partial charge in [0.25, 0.3) is 5.91 Å². The van der Waals surface area contributed by atoms with Gasteiger partial charge in [0.15, 0.2) is 0 Å². The molecule has 3 rings (SSSR count). The van der Waals surface area contributed by atoms with Crippen LogP contribution in [-0.4, -0.2) is 73.7 Å². The van der Waals surface area contributed by atoms with Gasteiger partial charge in [-0.05, 0) is 45.3 Å². The summed E-state index contributed by atoms with van der Waals surface area (Å²) in [7, 11) is 1.69. The second-order valence-electron chi connectivity index (χ2n) is 6.03. The molecule has 3 aliphatic rings. The molecule has 1 atom stereocenters. The van der Waals surface area contributed by atoms with E-state index in [1.165, 1.54) is 19.4 Å². The van der Waals surface area contributed by atoms with Gasteiger partial charge in [-0.1, -0.05) is 0 Å². The highest BCUT2D eigenvalue weighted by Crippen LogP contribution is 2.28. The van der Waals surface area contributed by atoms with Crippen LogP contribution >= 0.6 is 0 Å². The number of nitrogens with one attached hydrogen (secondary N) is 1. The third-order valence-corrected chi connectivity index (χ3v) is 5.07. The van der Waals surface area contributed by atoms with Crippen molar-refractivity contribution in [3.8, 4) is 0 Å². The van der Waals surface area contributed by atoms with E-state index in [0.717, 1.165) is 45.6 Å². The Morgan fingerprint density at radius 3 is 2.79 bits per heavy atom. The van der Waals surface area contributed by atoms with Crippen LogP contribution in [0.25, 0.3) is 0 Å². The molecule has 3 saturated heterocycles. The van der Waals surface area contributed by atoms with Crippen LogP contribution < -0.4 is 5.32 Å². The molecule has 0 aromatic rings. The van der Waals surface area contributed by atoms with E-state index in [1.54, 1.807) is 7.11 Å². The largest absolute Gasteiger partial charge is 0.368 e. The number of ether oxygens (including phenoxy) is 1. The Morgan fingerprint density at radius 2 is 2.05 bits per heavy atom. The number of rotatable bonds is 2. The lowest BCUT2D eigenvalue weighted by Crippen LogP contribution is -2.60. The van der Waals surface area contributed by atoms with Crippen molar-refractivity contribution in [2.24, 2.45) is 0 Å². The van der Waals surface area contributed by atoms with Gasteiger partial charge in [0.05, 0.1) is 0 Å². The lowest BCUT2D eigenvalue weighted by Gasteiger charge is -2.43. The van der Waals surface area contributed by atoms with Crippen molar-refractivity contribution >= 4 is 5.91 Å². The maximum absolute atomic E-state index is 12.8. The van der Waals surface area contributed by atoms with Crippen molar-refractivity contribution in [2.75, 3.05) is 46.4 Å². The van der Waals surface area contributed by atoms with Crippen LogP contribution in [0.3, 0.4) is 0 Å². The average molecular weight is 267 g/mol. The lowest BCUT2D eigenvalue weighted by molar-refractivity contribution is -0.160. The Balaban J connectivity index is 1.68. The molecule has 0 saturated carbocycles. The van der Waals surface area contributed by atoms with Crippen LogP contribution in [0, 0.1) is 0 Å². The van der Waals surface area contributed by atoms with Gasteiger partial charge < -0.3 is 15.0 Å². The van der Waals surface area contributed by atoms with Gasteiger partial charge >= 0.3 is 0 Å². The number of carbonyl (C=O) groups is 1. The molecule has 0 aliphatic carbocycles. The maximum Gasteiger partial charge on any atom is 0.255 e. The highest BCUT2D eigenvalue weighted by molar-refractivity contribution is 5.85. The van der Waals surface area contributed by atoms with E-state index in [4.69, 9.17) is 4.74 Å². The Kier molecular flexibility index (Phi) is 3.78. The van der Waals surface area contributed by atoms with E-state index in [-0.39, 0.29) is 5.91 Å². The predicted molar refractivity (Wildman–Crippen MR) is 73.0 cm³/mol. The topological polar surface area (TPSA) is 44.8 Å². The summed E-state index contributed by atoms with van der Waals surface area (Å²) in [6.07, 6.45) is 4.12. The quantitative estimate of drug-likeness (QED) is 0.768. The summed E-state index contributed by atoms with van der Waals surface area (Å²) in [6, 6.07) is 0.591. The molecule has 5 nitrogen and oxygen atoms in total. The van der Waals surface area contributed by atoms with Crippen molar-refractivity contribution < 1.29 is 9.53 Å². The third-order valence-electron chi connectivity index (χ3n) is 5.07. The molecule has 0 bridgehead atoms. The van der Waals surface area contributed by atoms with Crippen molar-refractivity contribution in [3.05, 3.63) is 0 Å². The summed E-state index contributed by atoms with van der Waals surface area (Å²) in [5.74, 6) is 0.225. The van der Waals surface area contributed by atoms with E-state index in [1.807, 2.05) is 0 Å². The maximum atomic E-state index is 12.8. The number of methoxy groups -OCH3 is 1. The van der Waals surface area contributed by atoms with E-state index in [9.17, 15) is 4.79 Å². The van der Waals surface area contributed by atoms with Gasteiger partial charge in [-0.3, -0.25) is 9.69 Å². The Morgan fingerprint density at radius 1 is 1.26 bits per heavy atom. The zero-order valence-electron chi connectivity index (χ0n) is 11.9. The van der Waals surface area contributed by atoms with E-state index < -0.39 is 5.60 Å². The van der Waals surface area contributed by atoms with Crippen molar-refractivity contribution in [1.82, 2.24) is 15.1 Å². The molecule has 1 amide bonds. The third kappa shape index (κ3) is 2.39. The number of piperidine rings is 1. The predicted octanol–water partition coefficient (Wildman–Crippen LogP) is 0.0616. The molecule has 3 heterocycles. The van der Waals surface area contributed by atoms with Crippen LogP contribution in [0.1, 0.15) is 25.7 Å². The summed E-state index contributed by atoms with van der Waals surface area (Å²) < 4.78 is 5.66. The van der Waals surface area contributed by atoms with Gasteiger partial charge in [0, 0.05) is 32.8 Å². The monoisotopic (exact) mass is 267 g/mol. The molecule has 0 aromatic carbocycles. The van der Waals surface area contributed by atoms with Crippen LogP contribution in [0.15, 0.2) is 0 Å². The standard InChI is InChI=1S/C14H25N3O2/c1-19-14(4-6-15-7-5-14)13(18)17-10-9-16-8-2-3-12(16)11-17/h12,15H,2-11H2,1H3. The van der Waals surface area contributed by atoms with Crippen molar-refractivity contribution in [3.63, 3.8) is 0 Å². The molecule has 19 heavy (non-hydrogen) atoms. The van der Waals surface area contributed by atoms with Crippen LogP contribution in [-0.2, 0) is 9.53 Å². The number of amides is 1. The van der Waals surface area contributed by atoms with Gasteiger partial charge in [-0.2, -0.15) is 0 Å². The molecule has 0 aromatic heterocycles. The van der Waals surface area contributed by atoms with Gasteiger partial charge in [0.2, 0.25) is 0 Å². The molecule has 108 valence electrons. The fraction of sp³-hybridized carbons (Fsp3) is 0.929. The molecule has 1 N–H and O–H groups in total. The van der Waals surface area contributed by atoms with Gasteiger partial charge in [0.1, 0.15) is 5.60 Å². The minimum absolute atomic E-state index is 0.225. The molecule has 3 fully saturated rings. The first-order chi connectivity index (χ1) is 9.25. The zero-order chi connectivity index (χ0) is 13.3. The molecule has 0 radical (unpaired) electrons. The van der Waals surface area contributed by atoms with Crippen molar-refractivity contribution in [2.45, 2.75) is 37.3 Å². The lowest BCUT2D eigenvalue weighted by atomic mass is 9.90. The van der Waals surface area contributed by atoms with Crippen LogP contribution in [0.5, 0.6) is 0 Å². The molecule has 5 heteroatoms. The summed E-state index contributed by atoms with van der Waals surface area (Å²) in [5, 5.41) is 3.31. The number of carbonyl (C=O) groups excluding carboxylic acids is 1. The highest BCUT2D eigenvalue weighted by atomic mass is 16.5. The number of fused-ring (bicyclic) bond motifs is 1. The van der Waals surface area contributed by atoms with Crippen LogP contribution in [0.4, 0.5) is 0 Å². The van der Waals surface area contributed by atoms with Gasteiger partial charge in [-0.25, -0.2) is 0 Å². The first-order valence-corrected chi connectivity index (χ1v) is 7.54. The minimum Gasteiger partial charge on any atom is -0.368 e.